The maximum Gasteiger partial charge on any atom is 0.126 e. The molecular formula is C12H19N3. The van der Waals surface area contributed by atoms with Crippen molar-refractivity contribution in [3.8, 4) is 0 Å². The van der Waals surface area contributed by atoms with E-state index in [-0.39, 0.29) is 6.04 Å². The Morgan fingerprint density at radius 3 is 2.87 bits per heavy atom. The molecule has 0 spiro atoms. The van der Waals surface area contributed by atoms with Gasteiger partial charge in [0.1, 0.15) is 5.82 Å². The van der Waals surface area contributed by atoms with E-state index in [2.05, 4.69) is 30.2 Å². The molecule has 15 heavy (non-hydrogen) atoms. The van der Waals surface area contributed by atoms with Gasteiger partial charge in [0.15, 0.2) is 0 Å². The summed E-state index contributed by atoms with van der Waals surface area (Å²) in [7, 11) is 0. The lowest BCUT2D eigenvalue weighted by atomic mass is 10.0. The van der Waals surface area contributed by atoms with E-state index in [1.165, 1.54) is 24.0 Å². The van der Waals surface area contributed by atoms with E-state index in [1.54, 1.807) is 0 Å². The van der Waals surface area contributed by atoms with Crippen LogP contribution in [0.2, 0.25) is 0 Å². The van der Waals surface area contributed by atoms with Gasteiger partial charge in [-0.15, -0.1) is 0 Å². The van der Waals surface area contributed by atoms with Gasteiger partial charge in [0.05, 0.1) is 0 Å². The van der Waals surface area contributed by atoms with Crippen LogP contribution in [0.4, 0.5) is 5.82 Å². The van der Waals surface area contributed by atoms with E-state index in [0.29, 0.717) is 6.04 Å². The Labute approximate surface area is 91.1 Å². The number of aryl methyl sites for hydroxylation is 1. The zero-order valence-corrected chi connectivity index (χ0v) is 9.46. The molecule has 82 valence electrons. The molecule has 0 saturated heterocycles. The third kappa shape index (κ3) is 2.48. The SMILES string of the molecule is CC[C@H](N)c1cnc(NC2CC2)cc1C. The van der Waals surface area contributed by atoms with Crippen LogP contribution in [0.1, 0.15) is 43.4 Å². The topological polar surface area (TPSA) is 50.9 Å². The lowest BCUT2D eigenvalue weighted by Gasteiger charge is -2.13. The van der Waals surface area contributed by atoms with Crippen LogP contribution in [-0.4, -0.2) is 11.0 Å². The van der Waals surface area contributed by atoms with Crippen molar-refractivity contribution in [3.05, 3.63) is 23.4 Å². The van der Waals surface area contributed by atoms with Crippen LogP contribution in [0.5, 0.6) is 0 Å². The number of aromatic nitrogens is 1. The predicted octanol–water partition coefficient (Wildman–Crippen LogP) is 2.37. The van der Waals surface area contributed by atoms with E-state index in [9.17, 15) is 0 Å². The Kier molecular flexibility index (Phi) is 2.91. The molecule has 0 amide bonds. The Morgan fingerprint density at radius 2 is 2.33 bits per heavy atom. The van der Waals surface area contributed by atoms with Gasteiger partial charge in [-0.1, -0.05) is 6.92 Å². The van der Waals surface area contributed by atoms with Crippen LogP contribution in [0.25, 0.3) is 0 Å². The molecule has 3 N–H and O–H groups in total. The minimum absolute atomic E-state index is 0.118. The van der Waals surface area contributed by atoms with Gasteiger partial charge in [0.2, 0.25) is 0 Å². The van der Waals surface area contributed by atoms with Crippen molar-refractivity contribution in [3.63, 3.8) is 0 Å². The fraction of sp³-hybridized carbons (Fsp3) is 0.583. The molecule has 0 aromatic carbocycles. The Balaban J connectivity index is 2.13. The summed E-state index contributed by atoms with van der Waals surface area (Å²) in [6.45, 7) is 4.20. The van der Waals surface area contributed by atoms with Gasteiger partial charge >= 0.3 is 0 Å². The number of rotatable bonds is 4. The first-order chi connectivity index (χ1) is 7.20. The molecule has 1 aromatic heterocycles. The summed E-state index contributed by atoms with van der Waals surface area (Å²) in [5.74, 6) is 0.988. The zero-order valence-electron chi connectivity index (χ0n) is 9.46. The van der Waals surface area contributed by atoms with Crippen LogP contribution >= 0.6 is 0 Å². The minimum Gasteiger partial charge on any atom is -0.367 e. The van der Waals surface area contributed by atoms with E-state index >= 15 is 0 Å². The highest BCUT2D eigenvalue weighted by molar-refractivity contribution is 5.43. The summed E-state index contributed by atoms with van der Waals surface area (Å²) in [5.41, 5.74) is 8.40. The molecule has 1 aromatic rings. The lowest BCUT2D eigenvalue weighted by molar-refractivity contribution is 0.690. The molecule has 1 heterocycles. The molecule has 1 atom stereocenters. The van der Waals surface area contributed by atoms with Gasteiger partial charge < -0.3 is 11.1 Å². The second kappa shape index (κ2) is 4.19. The van der Waals surface area contributed by atoms with Crippen LogP contribution < -0.4 is 11.1 Å². The minimum atomic E-state index is 0.118. The maximum absolute atomic E-state index is 6.00. The molecule has 0 unspecified atom stereocenters. The number of nitrogens with two attached hydrogens (primary N) is 1. The fourth-order valence-electron chi connectivity index (χ4n) is 1.69. The second-order valence-electron chi connectivity index (χ2n) is 4.36. The number of pyridine rings is 1. The quantitative estimate of drug-likeness (QED) is 0.793. The number of nitrogens with one attached hydrogen (secondary N) is 1. The molecule has 0 bridgehead atoms. The van der Waals surface area contributed by atoms with E-state index < -0.39 is 0 Å². The average Bonchev–Trinajstić information content (AvgIpc) is 3.01. The molecule has 1 aliphatic carbocycles. The molecule has 0 radical (unpaired) electrons. The Bertz CT molecular complexity index is 345. The van der Waals surface area contributed by atoms with Crippen molar-refractivity contribution in [1.29, 1.82) is 0 Å². The molecule has 1 aliphatic rings. The van der Waals surface area contributed by atoms with Crippen LogP contribution in [0, 0.1) is 6.92 Å². The molecule has 1 fully saturated rings. The van der Waals surface area contributed by atoms with Crippen molar-refractivity contribution in [2.24, 2.45) is 5.73 Å². The van der Waals surface area contributed by atoms with Crippen molar-refractivity contribution in [2.75, 3.05) is 5.32 Å². The summed E-state index contributed by atoms with van der Waals surface area (Å²) in [5, 5.41) is 3.39. The van der Waals surface area contributed by atoms with Gasteiger partial charge in [-0.2, -0.15) is 0 Å². The van der Waals surface area contributed by atoms with Gasteiger partial charge in [-0.3, -0.25) is 0 Å². The predicted molar refractivity (Wildman–Crippen MR) is 62.8 cm³/mol. The van der Waals surface area contributed by atoms with Gasteiger partial charge in [0.25, 0.3) is 0 Å². The van der Waals surface area contributed by atoms with Crippen LogP contribution in [-0.2, 0) is 0 Å². The number of hydrogen-bond acceptors (Lipinski definition) is 3. The normalized spacial score (nSPS) is 17.5. The van der Waals surface area contributed by atoms with Crippen molar-refractivity contribution >= 4 is 5.82 Å². The third-order valence-electron chi connectivity index (χ3n) is 2.92. The molecule has 3 nitrogen and oxygen atoms in total. The average molecular weight is 205 g/mol. The third-order valence-corrected chi connectivity index (χ3v) is 2.92. The summed E-state index contributed by atoms with van der Waals surface area (Å²) < 4.78 is 0. The zero-order chi connectivity index (χ0) is 10.8. The summed E-state index contributed by atoms with van der Waals surface area (Å²) >= 11 is 0. The van der Waals surface area contributed by atoms with Crippen molar-refractivity contribution < 1.29 is 0 Å². The molecule has 0 aliphatic heterocycles. The molecule has 1 saturated carbocycles. The van der Waals surface area contributed by atoms with Gasteiger partial charge in [-0.25, -0.2) is 4.98 Å². The fourth-order valence-corrected chi connectivity index (χ4v) is 1.69. The first-order valence-corrected chi connectivity index (χ1v) is 5.69. The highest BCUT2D eigenvalue weighted by Gasteiger charge is 2.21. The Hall–Kier alpha value is -1.09. The summed E-state index contributed by atoms with van der Waals surface area (Å²) in [6.07, 6.45) is 5.42. The van der Waals surface area contributed by atoms with E-state index in [0.717, 1.165) is 12.2 Å². The summed E-state index contributed by atoms with van der Waals surface area (Å²) in [6, 6.07) is 2.87. The first kappa shape index (κ1) is 10.4. The van der Waals surface area contributed by atoms with Gasteiger partial charge in [-0.05, 0) is 43.4 Å². The highest BCUT2D eigenvalue weighted by Crippen LogP contribution is 2.25. The molecule has 2 rings (SSSR count). The smallest absolute Gasteiger partial charge is 0.126 e. The number of anilines is 1. The number of nitrogens with zero attached hydrogens (tertiary/aromatic N) is 1. The molecular weight excluding hydrogens is 186 g/mol. The maximum atomic E-state index is 6.00. The second-order valence-corrected chi connectivity index (χ2v) is 4.36. The van der Waals surface area contributed by atoms with Crippen molar-refractivity contribution in [2.45, 2.75) is 45.2 Å². The van der Waals surface area contributed by atoms with E-state index in [1.807, 2.05) is 6.20 Å². The largest absolute Gasteiger partial charge is 0.367 e. The number of hydrogen-bond donors (Lipinski definition) is 2. The highest BCUT2D eigenvalue weighted by atomic mass is 15.0. The standard InChI is InChI=1S/C12H19N3/c1-3-11(13)10-7-14-12(6-8(10)2)15-9-4-5-9/h6-7,9,11H,3-5,13H2,1-2H3,(H,14,15)/t11-/m0/s1. The monoisotopic (exact) mass is 205 g/mol. The van der Waals surface area contributed by atoms with Crippen LogP contribution in [0.15, 0.2) is 12.3 Å². The summed E-state index contributed by atoms with van der Waals surface area (Å²) in [4.78, 5) is 4.40. The van der Waals surface area contributed by atoms with Crippen molar-refractivity contribution in [1.82, 2.24) is 4.98 Å². The van der Waals surface area contributed by atoms with Gasteiger partial charge in [0, 0.05) is 18.3 Å². The first-order valence-electron chi connectivity index (χ1n) is 5.69. The molecule has 3 heteroatoms. The Morgan fingerprint density at radius 1 is 1.60 bits per heavy atom. The van der Waals surface area contributed by atoms with E-state index in [4.69, 9.17) is 5.73 Å². The lowest BCUT2D eigenvalue weighted by Crippen LogP contribution is -2.12. The van der Waals surface area contributed by atoms with Crippen LogP contribution in [0.3, 0.4) is 0 Å².